The van der Waals surface area contributed by atoms with E-state index in [9.17, 15) is 22.7 Å². The standard InChI is InChI=1S/C30H35F4N3O2/c1-3-6-20-15-22(13-14-37(20)21-11-12-23(18(2)35)27(31)16-21)39-17-25(29(38)19-9-10-19)28(36)24-7-4-5-8-26(24)30(32,33)34/h4-5,7-8,11-12,16,19-20,22,35-36,38H,3,6,9-10,13-15,17H2,1-2H3/b29-25-,35-18?,36-28?/t20-,22?/m0/s1. The van der Waals surface area contributed by atoms with Crippen molar-refractivity contribution in [1.29, 1.82) is 10.8 Å². The van der Waals surface area contributed by atoms with Gasteiger partial charge in [0.1, 0.15) is 11.6 Å². The van der Waals surface area contributed by atoms with E-state index in [0.717, 1.165) is 37.4 Å². The topological polar surface area (TPSA) is 80.4 Å². The quantitative estimate of drug-likeness (QED) is 0.163. The zero-order chi connectivity index (χ0) is 28.3. The van der Waals surface area contributed by atoms with Crippen LogP contribution in [0.5, 0.6) is 0 Å². The van der Waals surface area contributed by atoms with Crippen molar-refractivity contribution >= 4 is 17.1 Å². The highest BCUT2D eigenvalue weighted by Gasteiger charge is 2.37. The summed E-state index contributed by atoms with van der Waals surface area (Å²) in [4.78, 5) is 2.15. The van der Waals surface area contributed by atoms with Gasteiger partial charge in [-0.1, -0.05) is 31.5 Å². The highest BCUT2D eigenvalue weighted by Crippen LogP contribution is 2.39. The van der Waals surface area contributed by atoms with Crippen LogP contribution in [0.25, 0.3) is 0 Å². The molecule has 2 atom stereocenters. The molecule has 1 unspecified atom stereocenters. The summed E-state index contributed by atoms with van der Waals surface area (Å²) >= 11 is 0. The van der Waals surface area contributed by atoms with Crippen molar-refractivity contribution in [3.05, 3.63) is 76.3 Å². The number of hydrogen-bond acceptors (Lipinski definition) is 5. The maximum atomic E-state index is 14.6. The van der Waals surface area contributed by atoms with Crippen LogP contribution in [0, 0.1) is 22.6 Å². The van der Waals surface area contributed by atoms with Crippen molar-refractivity contribution in [1.82, 2.24) is 0 Å². The zero-order valence-electron chi connectivity index (χ0n) is 22.2. The fourth-order valence-electron chi connectivity index (χ4n) is 5.29. The number of halogens is 4. The summed E-state index contributed by atoms with van der Waals surface area (Å²) < 4.78 is 61.7. The number of piperidine rings is 1. The third-order valence-corrected chi connectivity index (χ3v) is 7.52. The van der Waals surface area contributed by atoms with Crippen LogP contribution >= 0.6 is 0 Å². The summed E-state index contributed by atoms with van der Waals surface area (Å²) in [7, 11) is 0. The second-order valence-corrected chi connectivity index (χ2v) is 10.4. The number of nitrogens with one attached hydrogen (secondary N) is 2. The number of hydrogen-bond donors (Lipinski definition) is 3. The minimum Gasteiger partial charge on any atom is -0.512 e. The van der Waals surface area contributed by atoms with Crippen molar-refractivity contribution < 1.29 is 27.4 Å². The van der Waals surface area contributed by atoms with Gasteiger partial charge in [-0.25, -0.2) is 4.39 Å². The van der Waals surface area contributed by atoms with Gasteiger partial charge in [0.2, 0.25) is 0 Å². The van der Waals surface area contributed by atoms with E-state index in [2.05, 4.69) is 11.8 Å². The van der Waals surface area contributed by atoms with Crippen molar-refractivity contribution in [2.24, 2.45) is 5.92 Å². The molecule has 0 spiro atoms. The first-order valence-electron chi connectivity index (χ1n) is 13.4. The molecular formula is C30H35F4N3O2. The molecule has 0 aromatic heterocycles. The Kier molecular flexibility index (Phi) is 8.79. The predicted molar refractivity (Wildman–Crippen MR) is 145 cm³/mol. The maximum Gasteiger partial charge on any atom is 0.417 e. The molecule has 1 aliphatic heterocycles. The summed E-state index contributed by atoms with van der Waals surface area (Å²) in [6.07, 6.45) is -0.404. The number of allylic oxidation sites excluding steroid dienone is 1. The summed E-state index contributed by atoms with van der Waals surface area (Å²) in [5, 5.41) is 27.2. The number of rotatable bonds is 10. The molecule has 2 aromatic rings. The first-order valence-corrected chi connectivity index (χ1v) is 13.4. The fourth-order valence-corrected chi connectivity index (χ4v) is 5.29. The lowest BCUT2D eigenvalue weighted by Gasteiger charge is -2.41. The minimum atomic E-state index is -4.63. The van der Waals surface area contributed by atoms with E-state index in [1.807, 2.05) is 6.07 Å². The molecule has 1 saturated heterocycles. The minimum absolute atomic E-state index is 0.0587. The van der Waals surface area contributed by atoms with Gasteiger partial charge in [-0.15, -0.1) is 0 Å². The number of aliphatic hydroxyl groups is 1. The molecule has 2 fully saturated rings. The maximum absolute atomic E-state index is 14.6. The lowest BCUT2D eigenvalue weighted by atomic mass is 9.94. The van der Waals surface area contributed by atoms with Gasteiger partial charge < -0.3 is 20.2 Å². The van der Waals surface area contributed by atoms with Crippen LogP contribution in [0.1, 0.15) is 69.1 Å². The molecule has 0 radical (unpaired) electrons. The molecule has 1 heterocycles. The van der Waals surface area contributed by atoms with Gasteiger partial charge in [-0.3, -0.25) is 5.41 Å². The van der Waals surface area contributed by atoms with Gasteiger partial charge in [0.25, 0.3) is 0 Å². The summed E-state index contributed by atoms with van der Waals surface area (Å²) in [6, 6.07) is 9.92. The number of alkyl halides is 3. The molecule has 9 heteroatoms. The Bertz CT molecular complexity index is 1250. The molecular weight excluding hydrogens is 510 g/mol. The Labute approximate surface area is 226 Å². The van der Waals surface area contributed by atoms with E-state index in [1.165, 1.54) is 24.3 Å². The molecule has 0 bridgehead atoms. The van der Waals surface area contributed by atoms with Gasteiger partial charge in [-0.2, -0.15) is 13.2 Å². The first kappa shape index (κ1) is 28.8. The Hall–Kier alpha value is -3.20. The van der Waals surface area contributed by atoms with Gasteiger partial charge in [0.15, 0.2) is 0 Å². The summed E-state index contributed by atoms with van der Waals surface area (Å²) in [5.41, 5.74) is -0.280. The highest BCUT2D eigenvalue weighted by molar-refractivity contribution is 6.12. The largest absolute Gasteiger partial charge is 0.512 e. The fraction of sp³-hybridized carbons (Fsp3) is 0.467. The Morgan fingerprint density at radius 1 is 1.08 bits per heavy atom. The van der Waals surface area contributed by atoms with Crippen LogP contribution in [0.2, 0.25) is 0 Å². The van der Waals surface area contributed by atoms with Crippen LogP contribution in [-0.2, 0) is 10.9 Å². The Morgan fingerprint density at radius 3 is 2.41 bits per heavy atom. The van der Waals surface area contributed by atoms with E-state index < -0.39 is 17.6 Å². The third kappa shape index (κ3) is 6.69. The average Bonchev–Trinajstić information content (AvgIpc) is 3.74. The van der Waals surface area contributed by atoms with Crippen molar-refractivity contribution in [3.8, 4) is 0 Å². The molecule has 0 amide bonds. The van der Waals surface area contributed by atoms with E-state index in [1.54, 1.807) is 13.0 Å². The Morgan fingerprint density at radius 2 is 1.79 bits per heavy atom. The van der Waals surface area contributed by atoms with Gasteiger partial charge in [0, 0.05) is 46.6 Å². The molecule has 2 aromatic carbocycles. The SMILES string of the molecule is CCC[C@H]1CC(OC/C(C(=N)c2ccccc2C(F)(F)F)=C(/O)C2CC2)CCN1c1ccc(C(C)=N)c(F)c1. The molecule has 5 nitrogen and oxygen atoms in total. The molecule has 210 valence electrons. The summed E-state index contributed by atoms with van der Waals surface area (Å²) in [6.45, 7) is 4.06. The van der Waals surface area contributed by atoms with Crippen molar-refractivity contribution in [2.75, 3.05) is 18.1 Å². The van der Waals surface area contributed by atoms with Crippen LogP contribution in [0.15, 0.2) is 53.8 Å². The van der Waals surface area contributed by atoms with Crippen LogP contribution in [-0.4, -0.2) is 41.8 Å². The first-order chi connectivity index (χ1) is 18.5. The number of anilines is 1. The Balaban J connectivity index is 1.51. The highest BCUT2D eigenvalue weighted by atomic mass is 19.4. The monoisotopic (exact) mass is 545 g/mol. The number of benzene rings is 2. The molecule has 3 N–H and O–H groups in total. The lowest BCUT2D eigenvalue weighted by molar-refractivity contribution is -0.137. The zero-order valence-corrected chi connectivity index (χ0v) is 22.2. The van der Waals surface area contributed by atoms with Crippen LogP contribution in [0.3, 0.4) is 0 Å². The van der Waals surface area contributed by atoms with Gasteiger partial charge in [0.05, 0.1) is 24.0 Å². The molecule has 39 heavy (non-hydrogen) atoms. The summed E-state index contributed by atoms with van der Waals surface area (Å²) in [5.74, 6) is -0.646. The molecule has 2 aliphatic rings. The molecule has 1 aliphatic carbocycles. The van der Waals surface area contributed by atoms with Crippen LogP contribution in [0.4, 0.5) is 23.2 Å². The second kappa shape index (κ2) is 11.9. The van der Waals surface area contributed by atoms with Gasteiger partial charge in [-0.05, 0) is 63.3 Å². The average molecular weight is 546 g/mol. The van der Waals surface area contributed by atoms with Crippen molar-refractivity contribution in [2.45, 2.75) is 70.7 Å². The van der Waals surface area contributed by atoms with E-state index in [-0.39, 0.29) is 58.6 Å². The number of aliphatic hydroxyl groups excluding tert-OH is 1. The van der Waals surface area contributed by atoms with E-state index in [0.29, 0.717) is 19.4 Å². The third-order valence-electron chi connectivity index (χ3n) is 7.52. The normalized spacial score (nSPS) is 20.5. The molecule has 4 rings (SSSR count). The molecule has 1 saturated carbocycles. The number of nitrogens with zero attached hydrogens (tertiary/aromatic N) is 1. The van der Waals surface area contributed by atoms with E-state index >= 15 is 0 Å². The van der Waals surface area contributed by atoms with E-state index in [4.69, 9.17) is 15.6 Å². The van der Waals surface area contributed by atoms with Crippen LogP contribution < -0.4 is 4.90 Å². The number of ether oxygens (including phenoxy) is 1. The van der Waals surface area contributed by atoms with Gasteiger partial charge >= 0.3 is 6.18 Å². The smallest absolute Gasteiger partial charge is 0.417 e. The predicted octanol–water partition coefficient (Wildman–Crippen LogP) is 7.68. The van der Waals surface area contributed by atoms with Crippen molar-refractivity contribution in [3.63, 3.8) is 0 Å². The second-order valence-electron chi connectivity index (χ2n) is 10.4. The lowest BCUT2D eigenvalue weighted by Crippen LogP contribution is -2.45.